The van der Waals surface area contributed by atoms with Crippen molar-refractivity contribution in [2.75, 3.05) is 14.2 Å². The highest BCUT2D eigenvalue weighted by atomic mass is 32.2. The number of hydrogen-bond donors (Lipinski definition) is 1. The molecule has 0 unspecified atom stereocenters. The van der Waals surface area contributed by atoms with Crippen LogP contribution in [0.15, 0.2) is 23.1 Å². The summed E-state index contributed by atoms with van der Waals surface area (Å²) in [5.74, 6) is 0.151. The number of benzene rings is 1. The summed E-state index contributed by atoms with van der Waals surface area (Å²) in [6.07, 6.45) is 0.111. The van der Waals surface area contributed by atoms with Gasteiger partial charge >= 0.3 is 0 Å². The Kier molecular flexibility index (Phi) is 5.22. The normalized spacial score (nSPS) is 11.9. The number of carbonyl (C=O) groups is 1. The number of rotatable bonds is 5. The van der Waals surface area contributed by atoms with E-state index in [2.05, 4.69) is 4.72 Å². The van der Waals surface area contributed by atoms with Crippen LogP contribution in [0, 0.1) is 5.41 Å². The van der Waals surface area contributed by atoms with E-state index in [1.54, 1.807) is 0 Å². The van der Waals surface area contributed by atoms with Gasteiger partial charge in [0.05, 0.1) is 19.1 Å². The van der Waals surface area contributed by atoms with Gasteiger partial charge in [0, 0.05) is 12.5 Å². The highest BCUT2D eigenvalue weighted by molar-refractivity contribution is 7.90. The fourth-order valence-corrected chi connectivity index (χ4v) is 2.71. The van der Waals surface area contributed by atoms with Crippen LogP contribution < -0.4 is 14.2 Å². The zero-order valence-electron chi connectivity index (χ0n) is 12.9. The van der Waals surface area contributed by atoms with Crippen LogP contribution in [0.1, 0.15) is 27.2 Å². The van der Waals surface area contributed by atoms with Crippen LogP contribution in [0.2, 0.25) is 0 Å². The van der Waals surface area contributed by atoms with Gasteiger partial charge in [-0.05, 0) is 17.5 Å². The number of nitrogens with one attached hydrogen (secondary N) is 1. The van der Waals surface area contributed by atoms with Gasteiger partial charge in [-0.3, -0.25) is 4.79 Å². The average molecular weight is 315 g/mol. The molecule has 1 rings (SSSR count). The van der Waals surface area contributed by atoms with Crippen molar-refractivity contribution in [2.45, 2.75) is 32.1 Å². The molecule has 0 saturated carbocycles. The Morgan fingerprint density at radius 3 is 2.19 bits per heavy atom. The highest BCUT2D eigenvalue weighted by Gasteiger charge is 2.23. The molecule has 0 atom stereocenters. The largest absolute Gasteiger partial charge is 0.493 e. The SMILES string of the molecule is COc1ccc(S(=O)(=O)NC(=O)CC(C)(C)C)cc1OC. The van der Waals surface area contributed by atoms with Gasteiger partial charge in [0.15, 0.2) is 11.5 Å². The molecule has 0 heterocycles. The summed E-state index contributed by atoms with van der Waals surface area (Å²) >= 11 is 0. The standard InChI is InChI=1S/C14H21NO5S/c1-14(2,3)9-13(16)15-21(17,18)10-6-7-11(19-4)12(8-10)20-5/h6-8H,9H2,1-5H3,(H,15,16). The van der Waals surface area contributed by atoms with Crippen LogP contribution in [0.25, 0.3) is 0 Å². The molecule has 0 radical (unpaired) electrons. The summed E-state index contributed by atoms with van der Waals surface area (Å²) in [6, 6.07) is 4.14. The van der Waals surface area contributed by atoms with E-state index in [-0.39, 0.29) is 22.5 Å². The minimum atomic E-state index is -3.92. The third kappa shape index (κ3) is 4.93. The van der Waals surface area contributed by atoms with Crippen molar-refractivity contribution in [3.63, 3.8) is 0 Å². The average Bonchev–Trinajstić information content (AvgIpc) is 2.34. The van der Waals surface area contributed by atoms with E-state index in [9.17, 15) is 13.2 Å². The van der Waals surface area contributed by atoms with Crippen molar-refractivity contribution in [1.82, 2.24) is 4.72 Å². The molecule has 0 fully saturated rings. The molecular weight excluding hydrogens is 294 g/mol. The Hall–Kier alpha value is -1.76. The first-order chi connectivity index (χ1) is 9.59. The van der Waals surface area contributed by atoms with Crippen molar-refractivity contribution >= 4 is 15.9 Å². The molecule has 0 saturated heterocycles. The van der Waals surface area contributed by atoms with Crippen LogP contribution in [0.4, 0.5) is 0 Å². The van der Waals surface area contributed by atoms with Crippen molar-refractivity contribution in [3.8, 4) is 11.5 Å². The van der Waals surface area contributed by atoms with Crippen molar-refractivity contribution in [1.29, 1.82) is 0 Å². The molecule has 7 heteroatoms. The number of ether oxygens (including phenoxy) is 2. The third-order valence-electron chi connectivity index (χ3n) is 2.60. The Morgan fingerprint density at radius 2 is 1.71 bits per heavy atom. The summed E-state index contributed by atoms with van der Waals surface area (Å²) < 4.78 is 36.5. The molecule has 21 heavy (non-hydrogen) atoms. The number of methoxy groups -OCH3 is 2. The van der Waals surface area contributed by atoms with Gasteiger partial charge in [-0.1, -0.05) is 20.8 Å². The topological polar surface area (TPSA) is 81.7 Å². The Balaban J connectivity index is 3.01. The van der Waals surface area contributed by atoms with E-state index in [0.717, 1.165) is 0 Å². The number of sulfonamides is 1. The van der Waals surface area contributed by atoms with Crippen LogP contribution in [0.5, 0.6) is 11.5 Å². The lowest BCUT2D eigenvalue weighted by Crippen LogP contribution is -2.33. The maximum Gasteiger partial charge on any atom is 0.264 e. The molecule has 1 amide bonds. The highest BCUT2D eigenvalue weighted by Crippen LogP contribution is 2.29. The molecule has 1 N–H and O–H groups in total. The van der Waals surface area contributed by atoms with Crippen LogP contribution in [-0.2, 0) is 14.8 Å². The van der Waals surface area contributed by atoms with E-state index >= 15 is 0 Å². The van der Waals surface area contributed by atoms with Crippen molar-refractivity contribution < 1.29 is 22.7 Å². The molecule has 0 aliphatic heterocycles. The van der Waals surface area contributed by atoms with Crippen LogP contribution in [-0.4, -0.2) is 28.5 Å². The predicted octanol–water partition coefficient (Wildman–Crippen LogP) is 1.94. The fourth-order valence-electron chi connectivity index (χ4n) is 1.71. The number of carbonyl (C=O) groups excluding carboxylic acids is 1. The smallest absolute Gasteiger partial charge is 0.264 e. The number of amides is 1. The third-order valence-corrected chi connectivity index (χ3v) is 3.98. The first kappa shape index (κ1) is 17.3. The van der Waals surface area contributed by atoms with Gasteiger partial charge in [-0.15, -0.1) is 0 Å². The maximum absolute atomic E-state index is 12.2. The Labute approximate surface area is 125 Å². The van der Waals surface area contributed by atoms with Crippen LogP contribution in [0.3, 0.4) is 0 Å². The molecule has 0 aliphatic rings. The minimum Gasteiger partial charge on any atom is -0.493 e. The second kappa shape index (κ2) is 6.34. The molecule has 0 aliphatic carbocycles. The van der Waals surface area contributed by atoms with Gasteiger partial charge in [0.2, 0.25) is 5.91 Å². The van der Waals surface area contributed by atoms with Gasteiger partial charge in [-0.2, -0.15) is 0 Å². The van der Waals surface area contributed by atoms with E-state index in [1.165, 1.54) is 32.4 Å². The quantitative estimate of drug-likeness (QED) is 0.898. The Bertz CT molecular complexity index is 617. The zero-order chi connectivity index (χ0) is 16.3. The monoisotopic (exact) mass is 315 g/mol. The lowest BCUT2D eigenvalue weighted by Gasteiger charge is -2.17. The second-order valence-corrected chi connectivity index (χ2v) is 7.47. The molecule has 1 aromatic carbocycles. The van der Waals surface area contributed by atoms with Gasteiger partial charge < -0.3 is 9.47 Å². The van der Waals surface area contributed by atoms with Gasteiger partial charge in [0.1, 0.15) is 0 Å². The van der Waals surface area contributed by atoms with Gasteiger partial charge in [0.25, 0.3) is 10.0 Å². The molecule has 6 nitrogen and oxygen atoms in total. The van der Waals surface area contributed by atoms with Crippen LogP contribution >= 0.6 is 0 Å². The second-order valence-electron chi connectivity index (χ2n) is 5.78. The van der Waals surface area contributed by atoms with E-state index in [0.29, 0.717) is 5.75 Å². The van der Waals surface area contributed by atoms with E-state index in [1.807, 2.05) is 20.8 Å². The van der Waals surface area contributed by atoms with Gasteiger partial charge in [-0.25, -0.2) is 13.1 Å². The van der Waals surface area contributed by atoms with E-state index < -0.39 is 15.9 Å². The zero-order valence-corrected chi connectivity index (χ0v) is 13.7. The fraction of sp³-hybridized carbons (Fsp3) is 0.500. The minimum absolute atomic E-state index is 0.0533. The molecule has 1 aromatic rings. The Morgan fingerprint density at radius 1 is 1.14 bits per heavy atom. The first-order valence-electron chi connectivity index (χ1n) is 6.37. The summed E-state index contributed by atoms with van der Waals surface area (Å²) in [4.78, 5) is 11.7. The van der Waals surface area contributed by atoms with Crippen molar-refractivity contribution in [2.24, 2.45) is 5.41 Å². The predicted molar refractivity (Wildman–Crippen MR) is 78.9 cm³/mol. The maximum atomic E-state index is 12.2. The summed E-state index contributed by atoms with van der Waals surface area (Å²) in [7, 11) is -1.06. The lowest BCUT2D eigenvalue weighted by atomic mass is 9.92. The first-order valence-corrected chi connectivity index (χ1v) is 7.85. The van der Waals surface area contributed by atoms with Crippen molar-refractivity contribution in [3.05, 3.63) is 18.2 Å². The molecule has 118 valence electrons. The van der Waals surface area contributed by atoms with E-state index in [4.69, 9.17) is 9.47 Å². The summed E-state index contributed by atoms with van der Waals surface area (Å²) in [5.41, 5.74) is -0.294. The summed E-state index contributed by atoms with van der Waals surface area (Å²) in [6.45, 7) is 5.57. The lowest BCUT2D eigenvalue weighted by molar-refractivity contribution is -0.121. The molecule has 0 spiro atoms. The molecular formula is C14H21NO5S. The molecule has 0 bridgehead atoms. The number of hydrogen-bond acceptors (Lipinski definition) is 5. The molecule has 0 aromatic heterocycles. The summed E-state index contributed by atoms with van der Waals surface area (Å²) in [5, 5.41) is 0.